The number of carbonyl (C=O) groups is 1. The van der Waals surface area contributed by atoms with E-state index in [0.29, 0.717) is 29.8 Å². The summed E-state index contributed by atoms with van der Waals surface area (Å²) >= 11 is 7.68. The van der Waals surface area contributed by atoms with E-state index in [-0.39, 0.29) is 6.03 Å². The zero-order valence-electron chi connectivity index (χ0n) is 11.6. The first kappa shape index (κ1) is 15.5. The number of carbonyl (C=O) groups excluding carboxylic acids is 1. The molecule has 0 radical (unpaired) electrons. The van der Waals surface area contributed by atoms with Crippen LogP contribution in [0.2, 0.25) is 5.02 Å². The molecule has 0 unspecified atom stereocenters. The fourth-order valence-electron chi connectivity index (χ4n) is 2.08. The van der Waals surface area contributed by atoms with E-state index in [4.69, 9.17) is 11.6 Å². The van der Waals surface area contributed by atoms with Crippen LogP contribution in [0.4, 0.5) is 10.5 Å². The maximum absolute atomic E-state index is 12.2. The number of β-amino-alcohol motifs (C(OH)–C–C–N with tert-alkyl or cyclic N) is 1. The molecule has 1 atom stereocenters. The monoisotopic (exact) mass is 314 g/mol. The van der Waals surface area contributed by atoms with E-state index >= 15 is 0 Å². The third-order valence-electron chi connectivity index (χ3n) is 3.00. The summed E-state index contributed by atoms with van der Waals surface area (Å²) < 4.78 is 0. The minimum atomic E-state index is -0.412. The van der Waals surface area contributed by atoms with Gasteiger partial charge in [-0.3, -0.25) is 0 Å². The fraction of sp³-hybridized carbons (Fsp3) is 0.500. The highest BCUT2D eigenvalue weighted by atomic mass is 35.5. The van der Waals surface area contributed by atoms with Crippen LogP contribution < -0.4 is 5.32 Å². The zero-order valence-corrected chi connectivity index (χ0v) is 13.2. The molecule has 2 rings (SSSR count). The highest BCUT2D eigenvalue weighted by Crippen LogP contribution is 2.32. The van der Waals surface area contributed by atoms with E-state index in [9.17, 15) is 9.90 Å². The van der Waals surface area contributed by atoms with E-state index < -0.39 is 6.10 Å². The number of amides is 2. The molecule has 0 aromatic heterocycles. The van der Waals surface area contributed by atoms with Gasteiger partial charge in [-0.05, 0) is 24.6 Å². The molecule has 0 saturated carbocycles. The molecule has 1 aliphatic heterocycles. The molecular formula is C14H19ClN2O2S. The number of thioether (sulfide) groups is 1. The molecule has 4 nitrogen and oxygen atoms in total. The van der Waals surface area contributed by atoms with Crippen LogP contribution in [0.25, 0.3) is 0 Å². The van der Waals surface area contributed by atoms with Gasteiger partial charge < -0.3 is 15.3 Å². The number of likely N-dealkylation sites (tertiary alicyclic amines) is 1. The van der Waals surface area contributed by atoms with Gasteiger partial charge in [-0.15, -0.1) is 11.8 Å². The van der Waals surface area contributed by atoms with Gasteiger partial charge in [0.15, 0.2) is 0 Å². The van der Waals surface area contributed by atoms with Crippen LogP contribution in [0.5, 0.6) is 0 Å². The molecular weight excluding hydrogens is 296 g/mol. The SMILES string of the molecule is CC(C)Sc1ccc(Cl)cc1NC(=O)N1CC[C@@H](O)C1. The largest absolute Gasteiger partial charge is 0.391 e. The van der Waals surface area contributed by atoms with Gasteiger partial charge in [0.05, 0.1) is 11.8 Å². The topological polar surface area (TPSA) is 52.6 Å². The van der Waals surface area contributed by atoms with Crippen molar-refractivity contribution in [2.75, 3.05) is 18.4 Å². The average molecular weight is 315 g/mol. The van der Waals surface area contributed by atoms with E-state index in [2.05, 4.69) is 19.2 Å². The van der Waals surface area contributed by atoms with Crippen molar-refractivity contribution in [3.8, 4) is 0 Å². The van der Waals surface area contributed by atoms with Crippen LogP contribution in [0, 0.1) is 0 Å². The smallest absolute Gasteiger partial charge is 0.321 e. The lowest BCUT2D eigenvalue weighted by atomic mass is 10.3. The van der Waals surface area contributed by atoms with Crippen LogP contribution in [-0.2, 0) is 0 Å². The van der Waals surface area contributed by atoms with Crippen molar-refractivity contribution in [2.24, 2.45) is 0 Å². The number of hydrogen-bond acceptors (Lipinski definition) is 3. The molecule has 1 aromatic rings. The summed E-state index contributed by atoms with van der Waals surface area (Å²) in [6.07, 6.45) is 0.223. The van der Waals surface area contributed by atoms with E-state index in [1.165, 1.54) is 0 Å². The summed E-state index contributed by atoms with van der Waals surface area (Å²) in [5.41, 5.74) is 0.725. The maximum atomic E-state index is 12.2. The Hall–Kier alpha value is -0.910. The minimum Gasteiger partial charge on any atom is -0.391 e. The summed E-state index contributed by atoms with van der Waals surface area (Å²) in [7, 11) is 0. The average Bonchev–Trinajstić information content (AvgIpc) is 2.79. The normalized spacial score (nSPS) is 18.6. The Labute approximate surface area is 128 Å². The molecule has 0 spiro atoms. The Morgan fingerprint density at radius 1 is 1.55 bits per heavy atom. The second kappa shape index (κ2) is 6.70. The van der Waals surface area contributed by atoms with Crippen LogP contribution in [-0.4, -0.2) is 40.5 Å². The molecule has 6 heteroatoms. The highest BCUT2D eigenvalue weighted by molar-refractivity contribution is 8.00. The van der Waals surface area contributed by atoms with Crippen LogP contribution in [0.15, 0.2) is 23.1 Å². The zero-order chi connectivity index (χ0) is 14.7. The van der Waals surface area contributed by atoms with Gasteiger partial charge in [0.25, 0.3) is 0 Å². The molecule has 110 valence electrons. The Bertz CT molecular complexity index is 496. The van der Waals surface area contributed by atoms with Crippen LogP contribution in [0.3, 0.4) is 0 Å². The predicted octanol–water partition coefficient (Wildman–Crippen LogP) is 3.44. The van der Waals surface area contributed by atoms with Crippen molar-refractivity contribution in [2.45, 2.75) is 36.5 Å². The first-order chi connectivity index (χ1) is 9.45. The van der Waals surface area contributed by atoms with Crippen molar-refractivity contribution < 1.29 is 9.90 Å². The number of nitrogens with zero attached hydrogens (tertiary/aromatic N) is 1. The summed E-state index contributed by atoms with van der Waals surface area (Å²) in [4.78, 5) is 14.8. The van der Waals surface area contributed by atoms with E-state index in [0.717, 1.165) is 10.6 Å². The number of aliphatic hydroxyl groups excluding tert-OH is 1. The third-order valence-corrected chi connectivity index (χ3v) is 4.31. The number of halogens is 1. The summed E-state index contributed by atoms with van der Waals surface area (Å²) in [5, 5.41) is 13.4. The van der Waals surface area contributed by atoms with Gasteiger partial charge in [-0.2, -0.15) is 0 Å². The van der Waals surface area contributed by atoms with Gasteiger partial charge in [0.1, 0.15) is 0 Å². The fourth-order valence-corrected chi connectivity index (χ4v) is 3.14. The van der Waals surface area contributed by atoms with Crippen molar-refractivity contribution in [1.29, 1.82) is 0 Å². The molecule has 0 bridgehead atoms. The molecule has 2 amide bonds. The van der Waals surface area contributed by atoms with Crippen LogP contribution >= 0.6 is 23.4 Å². The summed E-state index contributed by atoms with van der Waals surface area (Å²) in [5.74, 6) is 0. The summed E-state index contributed by atoms with van der Waals surface area (Å²) in [6, 6.07) is 5.31. The van der Waals surface area contributed by atoms with Crippen molar-refractivity contribution in [1.82, 2.24) is 4.90 Å². The van der Waals surface area contributed by atoms with Gasteiger partial charge >= 0.3 is 6.03 Å². The van der Waals surface area contributed by atoms with Crippen molar-refractivity contribution in [3.05, 3.63) is 23.2 Å². The standard InChI is InChI=1S/C14H19ClN2O2S/c1-9(2)20-13-4-3-10(15)7-12(13)16-14(19)17-6-5-11(18)8-17/h3-4,7,9,11,18H,5-6,8H2,1-2H3,(H,16,19)/t11-/m1/s1. The lowest BCUT2D eigenvalue weighted by Gasteiger charge is -2.18. The Morgan fingerprint density at radius 2 is 2.30 bits per heavy atom. The second-order valence-electron chi connectivity index (χ2n) is 5.13. The molecule has 1 aliphatic rings. The molecule has 2 N–H and O–H groups in total. The number of aliphatic hydroxyl groups is 1. The van der Waals surface area contributed by atoms with Crippen LogP contribution in [0.1, 0.15) is 20.3 Å². The second-order valence-corrected chi connectivity index (χ2v) is 7.18. The van der Waals surface area contributed by atoms with Gasteiger partial charge in [-0.1, -0.05) is 25.4 Å². The first-order valence-corrected chi connectivity index (χ1v) is 7.91. The van der Waals surface area contributed by atoms with Gasteiger partial charge in [0.2, 0.25) is 0 Å². The van der Waals surface area contributed by atoms with Gasteiger partial charge in [-0.25, -0.2) is 4.79 Å². The van der Waals surface area contributed by atoms with Crippen molar-refractivity contribution >= 4 is 35.1 Å². The third kappa shape index (κ3) is 4.04. The van der Waals surface area contributed by atoms with E-state index in [1.54, 1.807) is 22.7 Å². The number of anilines is 1. The molecule has 1 saturated heterocycles. The molecule has 20 heavy (non-hydrogen) atoms. The molecule has 1 aromatic carbocycles. The Balaban J connectivity index is 2.11. The minimum absolute atomic E-state index is 0.186. The molecule has 1 fully saturated rings. The number of benzene rings is 1. The Morgan fingerprint density at radius 3 is 2.90 bits per heavy atom. The summed E-state index contributed by atoms with van der Waals surface area (Å²) in [6.45, 7) is 5.17. The predicted molar refractivity (Wildman–Crippen MR) is 83.7 cm³/mol. The lowest BCUT2D eigenvalue weighted by Crippen LogP contribution is -2.33. The molecule has 1 heterocycles. The highest BCUT2D eigenvalue weighted by Gasteiger charge is 2.25. The number of urea groups is 1. The lowest BCUT2D eigenvalue weighted by molar-refractivity contribution is 0.176. The quantitative estimate of drug-likeness (QED) is 0.840. The van der Waals surface area contributed by atoms with Crippen molar-refractivity contribution in [3.63, 3.8) is 0 Å². The first-order valence-electron chi connectivity index (χ1n) is 6.66. The van der Waals surface area contributed by atoms with E-state index in [1.807, 2.05) is 12.1 Å². The van der Waals surface area contributed by atoms with Gasteiger partial charge in [0, 0.05) is 28.3 Å². The number of hydrogen-bond donors (Lipinski definition) is 2. The maximum Gasteiger partial charge on any atom is 0.321 e. The Kier molecular flexibility index (Phi) is 5.18. The molecule has 0 aliphatic carbocycles. The number of rotatable bonds is 3. The number of nitrogens with one attached hydrogen (secondary N) is 1.